The molecule has 2 aliphatic heterocycles. The number of nitrogens with one attached hydrogen (secondary N) is 1. The summed E-state index contributed by atoms with van der Waals surface area (Å²) in [5.74, 6) is 0.0959. The number of halogens is 2. The Balaban J connectivity index is 1.46. The zero-order valence-electron chi connectivity index (χ0n) is 19.5. The SMILES string of the molecule is CC(C)(C)OC(=O)N1C[C@@H]2C[C@H]1CN2c1ccc2ncc(C#N)c(Nc3cccc(Cl)c3F)c2n1. The first-order chi connectivity index (χ1) is 16.6. The van der Waals surface area contributed by atoms with E-state index in [9.17, 15) is 14.4 Å². The van der Waals surface area contributed by atoms with E-state index < -0.39 is 11.4 Å². The van der Waals surface area contributed by atoms with Gasteiger partial charge in [0.15, 0.2) is 5.82 Å². The van der Waals surface area contributed by atoms with Crippen LogP contribution in [0, 0.1) is 17.1 Å². The maximum atomic E-state index is 14.6. The molecule has 0 saturated carbocycles. The molecule has 10 heteroatoms. The molecule has 3 aromatic rings. The van der Waals surface area contributed by atoms with Crippen LogP contribution >= 0.6 is 11.6 Å². The third-order valence-corrected chi connectivity index (χ3v) is 6.48. The van der Waals surface area contributed by atoms with Crippen molar-refractivity contribution in [3.63, 3.8) is 0 Å². The Bertz CT molecular complexity index is 1370. The fourth-order valence-electron chi connectivity index (χ4n) is 4.65. The van der Waals surface area contributed by atoms with Gasteiger partial charge in [0.05, 0.1) is 39.6 Å². The van der Waals surface area contributed by atoms with Gasteiger partial charge in [-0.25, -0.2) is 14.2 Å². The van der Waals surface area contributed by atoms with Gasteiger partial charge in [0.2, 0.25) is 0 Å². The molecule has 1 N–H and O–H groups in total. The predicted octanol–water partition coefficient (Wildman–Crippen LogP) is 5.24. The number of aromatic nitrogens is 2. The molecule has 0 spiro atoms. The van der Waals surface area contributed by atoms with E-state index in [0.29, 0.717) is 35.6 Å². The summed E-state index contributed by atoms with van der Waals surface area (Å²) in [5.41, 5.74) is 1.21. The molecule has 35 heavy (non-hydrogen) atoms. The number of nitriles is 1. The van der Waals surface area contributed by atoms with E-state index in [-0.39, 0.29) is 34.5 Å². The molecule has 4 heterocycles. The molecular weight excluding hydrogens is 471 g/mol. The van der Waals surface area contributed by atoms with Crippen LogP contribution in [0.4, 0.5) is 26.4 Å². The number of hydrogen-bond acceptors (Lipinski definition) is 7. The number of piperazine rings is 1. The van der Waals surface area contributed by atoms with Crippen molar-refractivity contribution in [2.45, 2.75) is 44.9 Å². The Kier molecular flexibility index (Phi) is 5.64. The Morgan fingerprint density at radius 3 is 2.74 bits per heavy atom. The van der Waals surface area contributed by atoms with Crippen molar-refractivity contribution in [3.05, 3.63) is 52.9 Å². The summed E-state index contributed by atoms with van der Waals surface area (Å²) in [5, 5.41) is 12.6. The van der Waals surface area contributed by atoms with Crippen LogP contribution in [-0.2, 0) is 4.74 Å². The molecule has 2 fully saturated rings. The summed E-state index contributed by atoms with van der Waals surface area (Å²) in [6.07, 6.45) is 1.97. The fraction of sp³-hybridized carbons (Fsp3) is 0.360. The first kappa shape index (κ1) is 23.1. The average Bonchev–Trinajstić information content (AvgIpc) is 3.42. The van der Waals surface area contributed by atoms with Crippen LogP contribution in [0.25, 0.3) is 11.0 Å². The number of nitrogens with zero attached hydrogens (tertiary/aromatic N) is 5. The Labute approximate surface area is 207 Å². The van der Waals surface area contributed by atoms with E-state index in [2.05, 4.69) is 21.3 Å². The van der Waals surface area contributed by atoms with E-state index in [4.69, 9.17) is 21.3 Å². The summed E-state index contributed by atoms with van der Waals surface area (Å²) in [6, 6.07) is 10.6. The first-order valence-corrected chi connectivity index (χ1v) is 11.7. The highest BCUT2D eigenvalue weighted by atomic mass is 35.5. The largest absolute Gasteiger partial charge is 0.444 e. The molecule has 8 nitrogen and oxygen atoms in total. The molecule has 2 saturated heterocycles. The van der Waals surface area contributed by atoms with Gasteiger partial charge in [0.25, 0.3) is 0 Å². The lowest BCUT2D eigenvalue weighted by atomic mass is 10.1. The van der Waals surface area contributed by atoms with Gasteiger partial charge in [-0.3, -0.25) is 4.98 Å². The number of carbonyl (C=O) groups excluding carboxylic acids is 1. The quantitative estimate of drug-likeness (QED) is 0.532. The monoisotopic (exact) mass is 494 g/mol. The highest BCUT2D eigenvalue weighted by Crippen LogP contribution is 2.37. The Hall–Kier alpha value is -3.64. The van der Waals surface area contributed by atoms with Crippen LogP contribution in [0.15, 0.2) is 36.5 Å². The van der Waals surface area contributed by atoms with Crippen molar-refractivity contribution in [2.75, 3.05) is 23.3 Å². The number of ether oxygens (including phenoxy) is 1. The van der Waals surface area contributed by atoms with Crippen molar-refractivity contribution in [2.24, 2.45) is 0 Å². The topological polar surface area (TPSA) is 94.4 Å². The van der Waals surface area contributed by atoms with Crippen LogP contribution in [0.3, 0.4) is 0 Å². The van der Waals surface area contributed by atoms with E-state index in [1.807, 2.05) is 32.9 Å². The number of rotatable bonds is 3. The van der Waals surface area contributed by atoms with E-state index >= 15 is 0 Å². The second kappa shape index (κ2) is 8.54. The molecule has 0 aliphatic carbocycles. The van der Waals surface area contributed by atoms with Gasteiger partial charge in [0, 0.05) is 19.3 Å². The molecule has 5 rings (SSSR count). The minimum atomic E-state index is -0.613. The van der Waals surface area contributed by atoms with Crippen LogP contribution in [-0.4, -0.2) is 51.7 Å². The smallest absolute Gasteiger partial charge is 0.410 e. The van der Waals surface area contributed by atoms with Crippen LogP contribution in [0.5, 0.6) is 0 Å². The molecule has 2 aromatic heterocycles. The second-order valence-corrected chi connectivity index (χ2v) is 10.2. The second-order valence-electron chi connectivity index (χ2n) is 9.75. The van der Waals surface area contributed by atoms with Gasteiger partial charge in [-0.1, -0.05) is 17.7 Å². The maximum absolute atomic E-state index is 14.6. The van der Waals surface area contributed by atoms with E-state index in [0.717, 1.165) is 6.42 Å². The van der Waals surface area contributed by atoms with Crippen molar-refractivity contribution in [1.82, 2.24) is 14.9 Å². The summed E-state index contributed by atoms with van der Waals surface area (Å²) in [6.45, 7) is 6.74. The number of carbonyl (C=O) groups is 1. The molecule has 2 bridgehead atoms. The molecule has 2 aliphatic rings. The van der Waals surface area contributed by atoms with Crippen molar-refractivity contribution < 1.29 is 13.9 Å². The lowest BCUT2D eigenvalue weighted by Gasteiger charge is -2.35. The molecule has 1 amide bonds. The zero-order valence-corrected chi connectivity index (χ0v) is 20.3. The average molecular weight is 495 g/mol. The van der Waals surface area contributed by atoms with Crippen LogP contribution in [0.2, 0.25) is 5.02 Å². The molecular formula is C25H24ClFN6O2. The molecule has 180 valence electrons. The van der Waals surface area contributed by atoms with Gasteiger partial charge < -0.3 is 19.9 Å². The minimum Gasteiger partial charge on any atom is -0.444 e. The number of hydrogen-bond donors (Lipinski definition) is 1. The van der Waals surface area contributed by atoms with Gasteiger partial charge in [0.1, 0.15) is 23.0 Å². The van der Waals surface area contributed by atoms with Crippen molar-refractivity contribution in [3.8, 4) is 6.07 Å². The third kappa shape index (κ3) is 4.30. The first-order valence-electron chi connectivity index (χ1n) is 11.3. The van der Waals surface area contributed by atoms with Gasteiger partial charge in [-0.15, -0.1) is 0 Å². The normalized spacial score (nSPS) is 19.2. The fourth-order valence-corrected chi connectivity index (χ4v) is 4.83. The summed E-state index contributed by atoms with van der Waals surface area (Å²) in [4.78, 5) is 25.7. The molecule has 0 unspecified atom stereocenters. The highest BCUT2D eigenvalue weighted by molar-refractivity contribution is 6.31. The van der Waals surface area contributed by atoms with Gasteiger partial charge in [-0.05, 0) is 51.5 Å². The number of pyridine rings is 2. The number of amides is 1. The minimum absolute atomic E-state index is 0.0249. The number of anilines is 3. The van der Waals surface area contributed by atoms with Crippen molar-refractivity contribution in [1.29, 1.82) is 5.26 Å². The highest BCUT2D eigenvalue weighted by Gasteiger charge is 2.47. The molecule has 1 aromatic carbocycles. The zero-order chi connectivity index (χ0) is 24.9. The molecule has 2 atom stereocenters. The van der Waals surface area contributed by atoms with E-state index in [1.54, 1.807) is 17.0 Å². The number of benzene rings is 1. The standard InChI is InChI=1S/C25H24ClFN6O2/c1-25(2,3)35-24(34)33-13-15-9-16(33)12-32(15)20-8-7-19-23(31-20)22(14(10-28)11-29-19)30-18-6-4-5-17(26)21(18)27/h4-8,11,15-16H,9,12-13H2,1-3H3,(H,29,30)/t15-,16-/m0/s1. The van der Waals surface area contributed by atoms with E-state index in [1.165, 1.54) is 12.3 Å². The lowest BCUT2D eigenvalue weighted by molar-refractivity contribution is 0.0214. The van der Waals surface area contributed by atoms with Gasteiger partial charge in [-0.2, -0.15) is 5.26 Å². The van der Waals surface area contributed by atoms with Gasteiger partial charge >= 0.3 is 6.09 Å². The third-order valence-electron chi connectivity index (χ3n) is 6.19. The lowest BCUT2D eigenvalue weighted by Crippen LogP contribution is -2.50. The summed E-state index contributed by atoms with van der Waals surface area (Å²) >= 11 is 5.94. The number of likely N-dealkylation sites (tertiary alicyclic amines) is 1. The summed E-state index contributed by atoms with van der Waals surface area (Å²) < 4.78 is 20.1. The Morgan fingerprint density at radius 2 is 2.06 bits per heavy atom. The van der Waals surface area contributed by atoms with Crippen LogP contribution in [0.1, 0.15) is 32.8 Å². The van der Waals surface area contributed by atoms with Crippen LogP contribution < -0.4 is 10.2 Å². The maximum Gasteiger partial charge on any atom is 0.410 e. The molecule has 0 radical (unpaired) electrons. The summed E-state index contributed by atoms with van der Waals surface area (Å²) in [7, 11) is 0. The van der Waals surface area contributed by atoms with Crippen molar-refractivity contribution >= 4 is 45.9 Å². The number of fused-ring (bicyclic) bond motifs is 3. The Morgan fingerprint density at radius 1 is 1.26 bits per heavy atom. The predicted molar refractivity (Wildman–Crippen MR) is 131 cm³/mol.